The van der Waals surface area contributed by atoms with Crippen molar-refractivity contribution in [1.82, 2.24) is 9.80 Å². The van der Waals surface area contributed by atoms with Crippen LogP contribution in [0.4, 0.5) is 0 Å². The number of unbranched alkanes of at least 4 members (excludes halogenated alkanes) is 2. The molecule has 0 N–H and O–H groups in total. The number of amides is 4. The van der Waals surface area contributed by atoms with E-state index in [4.69, 9.17) is 51.1 Å². The Morgan fingerprint density at radius 2 is 1.03 bits per heavy atom. The van der Waals surface area contributed by atoms with Crippen molar-refractivity contribution in [1.29, 1.82) is 0 Å². The highest BCUT2D eigenvalue weighted by molar-refractivity contribution is 8.42. The fourth-order valence-electron chi connectivity index (χ4n) is 7.83. The number of hydrogen-bond acceptors (Lipinski definition) is 12. The lowest BCUT2D eigenvalue weighted by atomic mass is 9.82. The third kappa shape index (κ3) is 6.29. The molecule has 5 aromatic carbocycles. The number of halogens is 4. The smallest absolute Gasteiger partial charge is 0.345 e. The second-order valence-corrected chi connectivity index (χ2v) is 21.7. The van der Waals surface area contributed by atoms with Crippen LogP contribution in [-0.2, 0) is 9.53 Å². The molecule has 4 aliphatic heterocycles. The Bertz CT molecular complexity index is 2730. The topological polar surface area (TPSA) is 101 Å². The summed E-state index contributed by atoms with van der Waals surface area (Å²) >= 11 is 37.9. The predicted molar refractivity (Wildman–Crippen MR) is 248 cm³/mol. The molecule has 0 aliphatic carbocycles. The van der Waals surface area contributed by atoms with Crippen molar-refractivity contribution in [3.63, 3.8) is 0 Å². The fourth-order valence-corrected chi connectivity index (χ4v) is 16.5. The third-order valence-electron chi connectivity index (χ3n) is 10.3. The summed E-state index contributed by atoms with van der Waals surface area (Å²) in [6.45, 7) is 1.84. The highest BCUT2D eigenvalue weighted by atomic mass is 35.5. The van der Waals surface area contributed by atoms with Crippen LogP contribution < -0.4 is 0 Å². The minimum absolute atomic E-state index is 0.140. The molecule has 0 saturated heterocycles. The van der Waals surface area contributed by atoms with Crippen molar-refractivity contribution in [3.8, 4) is 0 Å². The first-order chi connectivity index (χ1) is 27.9. The van der Waals surface area contributed by atoms with Gasteiger partial charge in [0.15, 0.2) is 0 Å². The number of nitrogens with zero attached hydrogens (tertiary/aromatic N) is 2. The summed E-state index contributed by atoms with van der Waals surface area (Å²) in [7, 11) is 0. The maximum absolute atomic E-state index is 14.2. The van der Waals surface area contributed by atoms with Gasteiger partial charge in [0.05, 0.1) is 45.7 Å². The summed E-state index contributed by atoms with van der Waals surface area (Å²) < 4.78 is 10.2. The van der Waals surface area contributed by atoms with Crippen LogP contribution in [0.5, 0.6) is 0 Å². The van der Waals surface area contributed by atoms with Gasteiger partial charge in [-0.05, 0) is 48.6 Å². The van der Waals surface area contributed by atoms with Crippen molar-refractivity contribution in [2.24, 2.45) is 0 Å². The minimum atomic E-state index is -0.628. The monoisotopic (exact) mass is 962 g/mol. The van der Waals surface area contributed by atoms with Crippen LogP contribution in [0.15, 0.2) is 51.5 Å². The average molecular weight is 965 g/mol. The van der Waals surface area contributed by atoms with Crippen LogP contribution in [0.3, 0.4) is 0 Å². The van der Waals surface area contributed by atoms with Gasteiger partial charge in [0, 0.05) is 69.7 Å². The molecular formula is C40H26Cl4N2O6S6. The number of carbonyl (C=O) groups is 5. The van der Waals surface area contributed by atoms with E-state index in [1.165, 1.54) is 49.0 Å². The summed E-state index contributed by atoms with van der Waals surface area (Å²) in [5.41, 5.74) is 0.808. The van der Waals surface area contributed by atoms with Crippen molar-refractivity contribution in [3.05, 3.63) is 93.9 Å². The summed E-state index contributed by atoms with van der Waals surface area (Å²) in [6.07, 6.45) is 6.51. The Hall–Kier alpha value is -2.37. The van der Waals surface area contributed by atoms with E-state index < -0.39 is 29.6 Å². The van der Waals surface area contributed by atoms with Gasteiger partial charge in [-0.2, -0.15) is 0 Å². The van der Waals surface area contributed by atoms with Gasteiger partial charge < -0.3 is 4.74 Å². The first kappa shape index (κ1) is 41.0. The lowest BCUT2D eigenvalue weighted by Crippen LogP contribution is -2.42. The molecule has 0 fully saturated rings. The molecule has 0 unspecified atom stereocenters. The molecule has 0 spiro atoms. The van der Waals surface area contributed by atoms with Crippen molar-refractivity contribution in [2.75, 3.05) is 32.2 Å². The second kappa shape index (κ2) is 15.8. The standard InChI is InChI=1S/C40H26Cl4N2O6S6/c1-4-5-6-7-45-32(47)15-10-19(41)26-28-21(43)12-17-25-18(13-22(44)29(31(25)28)27-20(42)11-16(33(45)48)24(15)30(26)27)35(50)46(34(17)49)8-9-52-36(51)23-14-55-39(56-23)40-57-37(53-2)38(54-3)58-40/h10-14H,4-9H2,1-3H3. The molecule has 4 amide bonds. The number of ether oxygens (including phenoxy) is 1. The molecule has 4 heterocycles. The summed E-state index contributed by atoms with van der Waals surface area (Å²) in [6, 6.07) is 6.07. The maximum atomic E-state index is 14.2. The quantitative estimate of drug-likeness (QED) is 0.0438. The Morgan fingerprint density at radius 1 is 0.603 bits per heavy atom. The number of fused-ring (bicyclic) bond motifs is 2. The number of imide groups is 2. The second-order valence-electron chi connectivity index (χ2n) is 13.5. The lowest BCUT2D eigenvalue weighted by molar-refractivity contribution is -0.138. The van der Waals surface area contributed by atoms with Crippen molar-refractivity contribution in [2.45, 2.75) is 26.2 Å². The van der Waals surface area contributed by atoms with Gasteiger partial charge in [0.1, 0.15) is 11.5 Å². The van der Waals surface area contributed by atoms with Gasteiger partial charge in [-0.1, -0.05) is 113 Å². The summed E-state index contributed by atoms with van der Waals surface area (Å²) in [4.78, 5) is 72.1. The molecule has 9 rings (SSSR count). The number of benzene rings is 5. The third-order valence-corrected chi connectivity index (χ3v) is 19.6. The van der Waals surface area contributed by atoms with Gasteiger partial charge in [0.2, 0.25) is 0 Å². The fraction of sp³-hybridized carbons (Fsp3) is 0.225. The normalized spacial score (nSPS) is 16.9. The SMILES string of the molecule is CCCCCN1C(=O)c2cc(Cl)c3c4c(Cl)cc5c6c(cc(Cl)c(c7c(Cl)cc(c2c37)C1=O)c64)C(=O)N(CCOC(=O)C1=CSC(=C2SC(SC)=C(SC)S2)S1)C5=O. The van der Waals surface area contributed by atoms with Crippen LogP contribution in [0, 0.1) is 0 Å². The van der Waals surface area contributed by atoms with E-state index in [0.29, 0.717) is 54.4 Å². The Morgan fingerprint density at radius 3 is 1.45 bits per heavy atom. The van der Waals surface area contributed by atoms with E-state index in [1.807, 2.05) is 19.4 Å². The summed E-state index contributed by atoms with van der Waals surface area (Å²) in [5.74, 6) is -2.72. The predicted octanol–water partition coefficient (Wildman–Crippen LogP) is 13.1. The highest BCUT2D eigenvalue weighted by Gasteiger charge is 2.40. The van der Waals surface area contributed by atoms with Crippen LogP contribution in [-0.4, -0.2) is 71.6 Å². The van der Waals surface area contributed by atoms with E-state index in [0.717, 1.165) is 26.2 Å². The first-order valence-corrected chi connectivity index (χ1v) is 25.0. The van der Waals surface area contributed by atoms with Crippen LogP contribution in [0.1, 0.15) is 67.6 Å². The van der Waals surface area contributed by atoms with Gasteiger partial charge in [-0.25, -0.2) is 4.79 Å². The molecule has 296 valence electrons. The Kier molecular flexibility index (Phi) is 11.2. The van der Waals surface area contributed by atoms with Crippen LogP contribution in [0.25, 0.3) is 43.1 Å². The van der Waals surface area contributed by atoms with Crippen molar-refractivity contribution >= 4 is 190 Å². The molecule has 0 bridgehead atoms. The van der Waals surface area contributed by atoms with E-state index in [2.05, 4.69) is 0 Å². The Balaban J connectivity index is 1.07. The maximum Gasteiger partial charge on any atom is 0.345 e. The highest BCUT2D eigenvalue weighted by Crippen LogP contribution is 2.62. The number of carbonyl (C=O) groups excluding carboxylic acids is 5. The molecule has 4 aliphatic rings. The number of rotatable bonds is 10. The molecule has 0 saturated carbocycles. The molecule has 8 nitrogen and oxygen atoms in total. The molecule has 58 heavy (non-hydrogen) atoms. The Labute approximate surface area is 377 Å². The van der Waals surface area contributed by atoms with Crippen LogP contribution in [0.2, 0.25) is 20.1 Å². The van der Waals surface area contributed by atoms with Gasteiger partial charge in [-0.15, -0.1) is 23.5 Å². The zero-order valence-electron chi connectivity index (χ0n) is 30.4. The molecule has 0 aromatic heterocycles. The minimum Gasteiger partial charge on any atom is -0.460 e. The molecule has 5 aromatic rings. The zero-order chi connectivity index (χ0) is 40.9. The largest absolute Gasteiger partial charge is 0.460 e. The van der Waals surface area contributed by atoms with Gasteiger partial charge in [-0.3, -0.25) is 29.0 Å². The first-order valence-electron chi connectivity index (χ1n) is 17.7. The average Bonchev–Trinajstić information content (AvgIpc) is 3.87. The van der Waals surface area contributed by atoms with E-state index >= 15 is 0 Å². The van der Waals surface area contributed by atoms with Crippen LogP contribution >= 0.6 is 117 Å². The molecule has 0 atom stereocenters. The molecular weight excluding hydrogens is 939 g/mol. The van der Waals surface area contributed by atoms with Crippen molar-refractivity contribution < 1.29 is 28.7 Å². The summed E-state index contributed by atoms with van der Waals surface area (Å²) in [5, 5.41) is 5.58. The lowest BCUT2D eigenvalue weighted by Gasteiger charge is -2.31. The van der Waals surface area contributed by atoms with E-state index in [9.17, 15) is 24.0 Å². The van der Waals surface area contributed by atoms with E-state index in [1.54, 1.807) is 64.6 Å². The molecule has 0 radical (unpaired) electrons. The zero-order valence-corrected chi connectivity index (χ0v) is 38.4. The number of hydrogen-bond donors (Lipinski definition) is 0. The number of esters is 1. The van der Waals surface area contributed by atoms with Gasteiger partial charge in [0.25, 0.3) is 23.6 Å². The van der Waals surface area contributed by atoms with Gasteiger partial charge >= 0.3 is 5.97 Å². The van der Waals surface area contributed by atoms with E-state index in [-0.39, 0.29) is 62.0 Å². The number of thioether (sulfide) groups is 6. The molecule has 18 heteroatoms.